The van der Waals surface area contributed by atoms with Crippen molar-refractivity contribution in [3.63, 3.8) is 0 Å². The highest BCUT2D eigenvalue weighted by atomic mass is 32.2. The summed E-state index contributed by atoms with van der Waals surface area (Å²) in [5, 5.41) is 0. The number of hydrogen-bond donors (Lipinski definition) is 0. The molecule has 0 N–H and O–H groups in total. The third kappa shape index (κ3) is 4.11. The Hall–Kier alpha value is -1.27. The molecule has 118 valence electrons. The molecule has 2 rings (SSSR count). The summed E-state index contributed by atoms with van der Waals surface area (Å²) >= 11 is 0. The number of benzene rings is 1. The second kappa shape index (κ2) is 7.13. The predicted octanol–water partition coefficient (Wildman–Crippen LogP) is 1.95. The summed E-state index contributed by atoms with van der Waals surface area (Å²) in [6.45, 7) is 4.57. The Kier molecular flexibility index (Phi) is 5.47. The van der Waals surface area contributed by atoms with Crippen LogP contribution in [0.1, 0.15) is 19.8 Å². The zero-order chi connectivity index (χ0) is 15.3. The molecule has 0 aromatic heterocycles. The fourth-order valence-electron chi connectivity index (χ4n) is 2.49. The van der Waals surface area contributed by atoms with Gasteiger partial charge in [0, 0.05) is 37.9 Å². The van der Waals surface area contributed by atoms with Crippen LogP contribution in [0.2, 0.25) is 0 Å². The van der Waals surface area contributed by atoms with Crippen LogP contribution < -0.4 is 9.64 Å². The van der Waals surface area contributed by atoms with E-state index in [9.17, 15) is 8.42 Å². The lowest BCUT2D eigenvalue weighted by Crippen LogP contribution is -2.49. The van der Waals surface area contributed by atoms with Gasteiger partial charge in [-0.3, -0.25) is 0 Å². The molecule has 0 bridgehead atoms. The van der Waals surface area contributed by atoms with Crippen molar-refractivity contribution < 1.29 is 13.2 Å². The third-order valence-electron chi connectivity index (χ3n) is 3.81. The van der Waals surface area contributed by atoms with Crippen molar-refractivity contribution >= 4 is 15.7 Å². The molecule has 0 saturated carbocycles. The third-order valence-corrected chi connectivity index (χ3v) is 5.76. The van der Waals surface area contributed by atoms with Gasteiger partial charge in [-0.1, -0.05) is 19.4 Å². The number of methoxy groups -OCH3 is 1. The molecule has 21 heavy (non-hydrogen) atoms. The minimum atomic E-state index is -3.08. The molecule has 0 radical (unpaired) electrons. The smallest absolute Gasteiger partial charge is 0.214 e. The summed E-state index contributed by atoms with van der Waals surface area (Å²) in [6.07, 6.45) is 1.64. The Balaban J connectivity index is 1.96. The summed E-state index contributed by atoms with van der Waals surface area (Å²) in [5.74, 6) is 1.09. The maximum atomic E-state index is 12.2. The molecule has 1 aliphatic rings. The van der Waals surface area contributed by atoms with Gasteiger partial charge in [0.05, 0.1) is 12.9 Å². The first-order valence-electron chi connectivity index (χ1n) is 7.43. The van der Waals surface area contributed by atoms with E-state index in [1.54, 1.807) is 11.4 Å². The fourth-order valence-corrected chi connectivity index (χ4v) is 4.12. The van der Waals surface area contributed by atoms with E-state index in [0.717, 1.165) is 37.4 Å². The molecule has 1 heterocycles. The van der Waals surface area contributed by atoms with Gasteiger partial charge in [0.25, 0.3) is 0 Å². The Labute approximate surface area is 127 Å². The minimum Gasteiger partial charge on any atom is -0.497 e. The molecule has 1 saturated heterocycles. The number of piperazine rings is 1. The average Bonchev–Trinajstić information content (AvgIpc) is 2.53. The minimum absolute atomic E-state index is 0.267. The van der Waals surface area contributed by atoms with E-state index in [-0.39, 0.29) is 5.75 Å². The highest BCUT2D eigenvalue weighted by molar-refractivity contribution is 7.89. The lowest BCUT2D eigenvalue weighted by molar-refractivity contribution is 0.383. The van der Waals surface area contributed by atoms with Crippen molar-refractivity contribution in [2.45, 2.75) is 19.8 Å². The van der Waals surface area contributed by atoms with E-state index in [4.69, 9.17) is 4.74 Å². The second-order valence-electron chi connectivity index (χ2n) is 5.26. The molecule has 1 aromatic rings. The molecule has 5 nitrogen and oxygen atoms in total. The fraction of sp³-hybridized carbons (Fsp3) is 0.600. The summed E-state index contributed by atoms with van der Waals surface area (Å²) in [7, 11) is -1.43. The number of nitrogens with zero attached hydrogens (tertiary/aromatic N) is 2. The van der Waals surface area contributed by atoms with Crippen LogP contribution in [-0.2, 0) is 10.0 Å². The second-order valence-corrected chi connectivity index (χ2v) is 7.35. The summed E-state index contributed by atoms with van der Waals surface area (Å²) in [5.41, 5.74) is 1.08. The molecule has 0 amide bonds. The van der Waals surface area contributed by atoms with Crippen LogP contribution in [0, 0.1) is 0 Å². The monoisotopic (exact) mass is 312 g/mol. The highest BCUT2D eigenvalue weighted by Crippen LogP contribution is 2.22. The predicted molar refractivity (Wildman–Crippen MR) is 85.5 cm³/mol. The zero-order valence-corrected chi connectivity index (χ0v) is 13.6. The van der Waals surface area contributed by atoms with Gasteiger partial charge < -0.3 is 9.64 Å². The maximum absolute atomic E-state index is 12.2. The molecule has 1 aromatic carbocycles. The van der Waals surface area contributed by atoms with Crippen LogP contribution in [0.15, 0.2) is 24.3 Å². The molecule has 1 aliphatic heterocycles. The molecule has 0 spiro atoms. The Morgan fingerprint density at radius 1 is 1.19 bits per heavy atom. The molecule has 0 aliphatic carbocycles. The van der Waals surface area contributed by atoms with Crippen LogP contribution in [0.4, 0.5) is 5.69 Å². The number of sulfonamides is 1. The summed E-state index contributed by atoms with van der Waals surface area (Å²) < 4.78 is 31.2. The van der Waals surface area contributed by atoms with Gasteiger partial charge in [-0.05, 0) is 18.6 Å². The number of unbranched alkanes of at least 4 members (excludes halogenated alkanes) is 1. The van der Waals surface area contributed by atoms with Crippen LogP contribution in [0.5, 0.6) is 5.75 Å². The lowest BCUT2D eigenvalue weighted by atomic mass is 10.2. The summed E-state index contributed by atoms with van der Waals surface area (Å²) in [6, 6.07) is 7.89. The van der Waals surface area contributed by atoms with Crippen molar-refractivity contribution in [3.8, 4) is 5.75 Å². The normalized spacial score (nSPS) is 17.0. The summed E-state index contributed by atoms with van der Waals surface area (Å²) in [4.78, 5) is 2.20. The molecular weight excluding hydrogens is 288 g/mol. The van der Waals surface area contributed by atoms with E-state index in [2.05, 4.69) is 4.90 Å². The van der Waals surface area contributed by atoms with Crippen molar-refractivity contribution in [3.05, 3.63) is 24.3 Å². The van der Waals surface area contributed by atoms with E-state index in [1.165, 1.54) is 0 Å². The molecule has 6 heteroatoms. The molecular formula is C15H24N2O3S. The Morgan fingerprint density at radius 3 is 2.52 bits per heavy atom. The largest absolute Gasteiger partial charge is 0.497 e. The molecule has 1 fully saturated rings. The van der Waals surface area contributed by atoms with E-state index >= 15 is 0 Å². The van der Waals surface area contributed by atoms with Crippen molar-refractivity contribution in [2.75, 3.05) is 43.9 Å². The van der Waals surface area contributed by atoms with Gasteiger partial charge in [0.1, 0.15) is 5.75 Å². The van der Waals surface area contributed by atoms with Gasteiger partial charge in [0.2, 0.25) is 10.0 Å². The highest BCUT2D eigenvalue weighted by Gasteiger charge is 2.26. The lowest BCUT2D eigenvalue weighted by Gasteiger charge is -2.35. The van der Waals surface area contributed by atoms with Gasteiger partial charge >= 0.3 is 0 Å². The van der Waals surface area contributed by atoms with Gasteiger partial charge in [-0.15, -0.1) is 0 Å². The zero-order valence-electron chi connectivity index (χ0n) is 12.8. The van der Waals surface area contributed by atoms with Crippen LogP contribution in [0.3, 0.4) is 0 Å². The Bertz CT molecular complexity index is 552. The van der Waals surface area contributed by atoms with Crippen molar-refractivity contribution in [1.82, 2.24) is 4.31 Å². The van der Waals surface area contributed by atoms with E-state index in [1.807, 2.05) is 31.2 Å². The Morgan fingerprint density at radius 2 is 1.90 bits per heavy atom. The first kappa shape index (κ1) is 16.1. The quantitative estimate of drug-likeness (QED) is 0.805. The first-order chi connectivity index (χ1) is 10.1. The standard InChI is InChI=1S/C15H24N2O3S/c1-3-4-12-21(18,19)17-10-8-16(9-11-17)14-6-5-7-15(13-14)20-2/h5-7,13H,3-4,8-12H2,1-2H3. The topological polar surface area (TPSA) is 49.9 Å². The average molecular weight is 312 g/mol. The number of anilines is 1. The van der Waals surface area contributed by atoms with E-state index in [0.29, 0.717) is 13.1 Å². The van der Waals surface area contributed by atoms with Crippen LogP contribution >= 0.6 is 0 Å². The van der Waals surface area contributed by atoms with Crippen LogP contribution in [-0.4, -0.2) is 51.8 Å². The van der Waals surface area contributed by atoms with Gasteiger partial charge in [-0.25, -0.2) is 8.42 Å². The SMILES string of the molecule is CCCCS(=O)(=O)N1CCN(c2cccc(OC)c2)CC1. The van der Waals surface area contributed by atoms with Gasteiger partial charge in [0.15, 0.2) is 0 Å². The van der Waals surface area contributed by atoms with Crippen molar-refractivity contribution in [1.29, 1.82) is 0 Å². The molecule has 0 unspecified atom stereocenters. The van der Waals surface area contributed by atoms with Crippen molar-refractivity contribution in [2.24, 2.45) is 0 Å². The van der Waals surface area contributed by atoms with Crippen LogP contribution in [0.25, 0.3) is 0 Å². The van der Waals surface area contributed by atoms with E-state index < -0.39 is 10.0 Å². The first-order valence-corrected chi connectivity index (χ1v) is 9.04. The number of ether oxygens (including phenoxy) is 1. The number of hydrogen-bond acceptors (Lipinski definition) is 4. The number of rotatable bonds is 6. The maximum Gasteiger partial charge on any atom is 0.214 e. The molecule has 0 atom stereocenters. The van der Waals surface area contributed by atoms with Gasteiger partial charge in [-0.2, -0.15) is 4.31 Å².